The lowest BCUT2D eigenvalue weighted by Gasteiger charge is -2.14. The number of hydrogen-bond donors (Lipinski definition) is 0. The van der Waals surface area contributed by atoms with Gasteiger partial charge in [0.2, 0.25) is 5.75 Å². The number of fused-ring (bicyclic) bond motifs is 1. The van der Waals surface area contributed by atoms with Gasteiger partial charge in [-0.3, -0.25) is 0 Å². The van der Waals surface area contributed by atoms with E-state index in [1.54, 1.807) is 6.07 Å². The summed E-state index contributed by atoms with van der Waals surface area (Å²) in [6.07, 6.45) is 16.1. The van der Waals surface area contributed by atoms with E-state index in [4.69, 9.17) is 18.6 Å². The molecule has 0 spiro atoms. The molecular formula is C30H44O5. The molecule has 5 nitrogen and oxygen atoms in total. The van der Waals surface area contributed by atoms with Crippen LogP contribution >= 0.6 is 0 Å². The van der Waals surface area contributed by atoms with Crippen LogP contribution in [-0.2, 0) is 0 Å². The predicted molar refractivity (Wildman–Crippen MR) is 145 cm³/mol. The van der Waals surface area contributed by atoms with Crippen molar-refractivity contribution in [1.82, 2.24) is 0 Å². The van der Waals surface area contributed by atoms with E-state index in [9.17, 15) is 4.79 Å². The normalized spacial score (nSPS) is 11.5. The van der Waals surface area contributed by atoms with Crippen molar-refractivity contribution < 1.29 is 18.6 Å². The van der Waals surface area contributed by atoms with Crippen molar-refractivity contribution in [2.45, 2.75) is 91.9 Å². The SMILES string of the molecule is CCCCCCCCCCOc1cccc2oc(=O)c(OC/C=C(\C)CCC=C(C)C)c(OC)c12. The maximum absolute atomic E-state index is 12.6. The minimum Gasteiger partial charge on any atom is -0.493 e. The van der Waals surface area contributed by atoms with Crippen LogP contribution < -0.4 is 19.8 Å². The second-order valence-corrected chi connectivity index (χ2v) is 9.39. The van der Waals surface area contributed by atoms with Gasteiger partial charge >= 0.3 is 5.63 Å². The van der Waals surface area contributed by atoms with Gasteiger partial charge in [0.25, 0.3) is 0 Å². The Kier molecular flexibility index (Phi) is 13.1. The Bertz CT molecular complexity index is 1010. The highest BCUT2D eigenvalue weighted by molar-refractivity contribution is 5.91. The minimum absolute atomic E-state index is 0.0801. The first-order chi connectivity index (χ1) is 17.0. The maximum Gasteiger partial charge on any atom is 0.383 e. The summed E-state index contributed by atoms with van der Waals surface area (Å²) < 4.78 is 23.1. The third-order valence-corrected chi connectivity index (χ3v) is 6.02. The first-order valence-corrected chi connectivity index (χ1v) is 13.2. The molecule has 1 aromatic heterocycles. The number of unbranched alkanes of at least 4 members (excludes halogenated alkanes) is 7. The molecule has 0 bridgehead atoms. The van der Waals surface area contributed by atoms with Gasteiger partial charge in [-0.15, -0.1) is 0 Å². The van der Waals surface area contributed by atoms with Crippen molar-refractivity contribution in [1.29, 1.82) is 0 Å². The third-order valence-electron chi connectivity index (χ3n) is 6.02. The quantitative estimate of drug-likeness (QED) is 0.128. The van der Waals surface area contributed by atoms with Crippen LogP contribution in [0.3, 0.4) is 0 Å². The molecular weight excluding hydrogens is 440 g/mol. The summed E-state index contributed by atoms with van der Waals surface area (Å²) in [6.45, 7) is 9.39. The molecule has 0 atom stereocenters. The van der Waals surface area contributed by atoms with E-state index in [0.717, 1.165) is 25.7 Å². The van der Waals surface area contributed by atoms with Crippen LogP contribution in [0.4, 0.5) is 0 Å². The molecule has 0 saturated heterocycles. The van der Waals surface area contributed by atoms with Crippen molar-refractivity contribution in [2.24, 2.45) is 0 Å². The molecule has 5 heteroatoms. The number of ether oxygens (including phenoxy) is 3. The van der Waals surface area contributed by atoms with Crippen molar-refractivity contribution in [3.63, 3.8) is 0 Å². The summed E-state index contributed by atoms with van der Waals surface area (Å²) >= 11 is 0. The molecule has 0 amide bonds. The van der Waals surface area contributed by atoms with Crippen LogP contribution in [0.2, 0.25) is 0 Å². The Morgan fingerprint density at radius 3 is 2.31 bits per heavy atom. The highest BCUT2D eigenvalue weighted by atomic mass is 16.5. The van der Waals surface area contributed by atoms with Crippen LogP contribution in [-0.4, -0.2) is 20.3 Å². The second kappa shape index (κ2) is 16.1. The van der Waals surface area contributed by atoms with E-state index >= 15 is 0 Å². The first kappa shape index (κ1) is 28.5. The fraction of sp³-hybridized carbons (Fsp3) is 0.567. The Labute approximate surface area is 211 Å². The topological polar surface area (TPSA) is 57.9 Å². The smallest absolute Gasteiger partial charge is 0.383 e. The third kappa shape index (κ3) is 9.83. The summed E-state index contributed by atoms with van der Waals surface area (Å²) in [5.74, 6) is 1.08. The first-order valence-electron chi connectivity index (χ1n) is 13.2. The zero-order valence-corrected chi connectivity index (χ0v) is 22.4. The lowest BCUT2D eigenvalue weighted by molar-refractivity contribution is 0.298. The van der Waals surface area contributed by atoms with E-state index in [1.165, 1.54) is 56.8 Å². The van der Waals surface area contributed by atoms with Crippen LogP contribution in [0.25, 0.3) is 11.0 Å². The van der Waals surface area contributed by atoms with E-state index in [0.29, 0.717) is 29.1 Å². The van der Waals surface area contributed by atoms with Crippen molar-refractivity contribution in [3.8, 4) is 17.2 Å². The van der Waals surface area contributed by atoms with Crippen LogP contribution in [0.15, 0.2) is 50.7 Å². The molecule has 0 saturated carbocycles. The lowest BCUT2D eigenvalue weighted by Crippen LogP contribution is -2.10. The largest absolute Gasteiger partial charge is 0.493 e. The zero-order chi connectivity index (χ0) is 25.5. The fourth-order valence-electron chi connectivity index (χ4n) is 3.99. The number of rotatable bonds is 17. The molecule has 2 aromatic rings. The molecule has 1 heterocycles. The molecule has 194 valence electrons. The Morgan fingerprint density at radius 2 is 1.63 bits per heavy atom. The summed E-state index contributed by atoms with van der Waals surface area (Å²) in [7, 11) is 1.54. The molecule has 0 aliphatic carbocycles. The van der Waals surface area contributed by atoms with E-state index in [2.05, 4.69) is 33.8 Å². The number of methoxy groups -OCH3 is 1. The number of allylic oxidation sites excluding steroid dienone is 3. The molecule has 35 heavy (non-hydrogen) atoms. The van der Waals surface area contributed by atoms with Crippen LogP contribution in [0.5, 0.6) is 17.2 Å². The monoisotopic (exact) mass is 484 g/mol. The Morgan fingerprint density at radius 1 is 0.914 bits per heavy atom. The van der Waals surface area contributed by atoms with E-state index in [-0.39, 0.29) is 12.4 Å². The van der Waals surface area contributed by atoms with Gasteiger partial charge in [-0.25, -0.2) is 4.79 Å². The molecule has 0 aliphatic heterocycles. The highest BCUT2D eigenvalue weighted by Gasteiger charge is 2.20. The fourth-order valence-corrected chi connectivity index (χ4v) is 3.99. The molecule has 2 rings (SSSR count). The Balaban J connectivity index is 2.03. The maximum atomic E-state index is 12.6. The van der Waals surface area contributed by atoms with Crippen molar-refractivity contribution in [2.75, 3.05) is 20.3 Å². The summed E-state index contributed by atoms with van der Waals surface area (Å²) in [6, 6.07) is 5.46. The molecule has 1 aromatic carbocycles. The standard InChI is InChI=1S/C30H44O5/c1-6-7-8-9-10-11-12-13-21-33-25-18-15-19-26-27(25)28(32-5)29(30(31)35-26)34-22-20-24(4)17-14-16-23(2)3/h15-16,18-20H,6-14,17,21-22H2,1-5H3/b24-20+. The van der Waals surface area contributed by atoms with Crippen LogP contribution in [0.1, 0.15) is 91.9 Å². The zero-order valence-electron chi connectivity index (χ0n) is 22.4. The van der Waals surface area contributed by atoms with E-state index < -0.39 is 5.63 Å². The van der Waals surface area contributed by atoms with Gasteiger partial charge in [0.1, 0.15) is 23.3 Å². The average Bonchev–Trinajstić information content (AvgIpc) is 2.83. The number of benzene rings is 1. The van der Waals surface area contributed by atoms with Gasteiger partial charge < -0.3 is 18.6 Å². The van der Waals surface area contributed by atoms with Gasteiger partial charge in [0.05, 0.1) is 13.7 Å². The van der Waals surface area contributed by atoms with Gasteiger partial charge in [0, 0.05) is 0 Å². The molecule has 0 fully saturated rings. The molecule has 0 unspecified atom stereocenters. The highest BCUT2D eigenvalue weighted by Crippen LogP contribution is 2.38. The van der Waals surface area contributed by atoms with Crippen molar-refractivity contribution >= 4 is 11.0 Å². The van der Waals surface area contributed by atoms with Crippen molar-refractivity contribution in [3.05, 3.63) is 51.9 Å². The van der Waals surface area contributed by atoms with Crippen LogP contribution in [0, 0.1) is 0 Å². The lowest BCUT2D eigenvalue weighted by atomic mass is 10.1. The summed E-state index contributed by atoms with van der Waals surface area (Å²) in [5.41, 5.74) is 2.40. The van der Waals surface area contributed by atoms with Gasteiger partial charge in [0.15, 0.2) is 5.75 Å². The van der Waals surface area contributed by atoms with E-state index in [1.807, 2.05) is 18.2 Å². The molecule has 0 aliphatic rings. The van der Waals surface area contributed by atoms with Gasteiger partial charge in [-0.1, -0.05) is 75.2 Å². The predicted octanol–water partition coefficient (Wildman–Crippen LogP) is 8.39. The average molecular weight is 485 g/mol. The van der Waals surface area contributed by atoms with Gasteiger partial charge in [-0.05, 0) is 58.2 Å². The summed E-state index contributed by atoms with van der Waals surface area (Å²) in [5, 5.41) is 0.633. The molecule has 0 radical (unpaired) electrons. The summed E-state index contributed by atoms with van der Waals surface area (Å²) in [4.78, 5) is 12.6. The molecule has 0 N–H and O–H groups in total. The second-order valence-electron chi connectivity index (χ2n) is 9.39. The number of hydrogen-bond acceptors (Lipinski definition) is 5. The Hall–Kier alpha value is -2.69. The van der Waals surface area contributed by atoms with Gasteiger partial charge in [-0.2, -0.15) is 0 Å². The minimum atomic E-state index is -0.551.